The summed E-state index contributed by atoms with van der Waals surface area (Å²) in [7, 11) is 0. The smallest absolute Gasteiger partial charge is 0.253 e. The average Bonchev–Trinajstić information content (AvgIpc) is 2.82. The Hall–Kier alpha value is -1.39. The number of aliphatic hydroxyl groups excluding tert-OH is 1. The van der Waals surface area contributed by atoms with E-state index in [0.29, 0.717) is 31.5 Å². The number of carbonyl (C=O) groups excluding carboxylic acids is 1. The second-order valence-corrected chi connectivity index (χ2v) is 6.21. The molecule has 4 nitrogen and oxygen atoms in total. The molecule has 1 aromatic carbocycles. The van der Waals surface area contributed by atoms with E-state index >= 15 is 0 Å². The summed E-state index contributed by atoms with van der Waals surface area (Å²) < 4.78 is 0. The maximum atomic E-state index is 12.3. The van der Waals surface area contributed by atoms with Gasteiger partial charge in [-0.3, -0.25) is 4.79 Å². The highest BCUT2D eigenvalue weighted by Crippen LogP contribution is 2.17. The van der Waals surface area contributed by atoms with E-state index in [1.54, 1.807) is 24.8 Å². The number of hydrogen-bond donors (Lipinski definition) is 2. The van der Waals surface area contributed by atoms with Crippen LogP contribution in [0.2, 0.25) is 0 Å². The lowest BCUT2D eigenvalue weighted by molar-refractivity contribution is 0.0714. The van der Waals surface area contributed by atoms with Gasteiger partial charge >= 0.3 is 0 Å². The zero-order valence-electron chi connectivity index (χ0n) is 12.2. The van der Waals surface area contributed by atoms with Gasteiger partial charge in [-0.25, -0.2) is 0 Å². The van der Waals surface area contributed by atoms with Crippen LogP contribution in [-0.4, -0.2) is 45.8 Å². The fourth-order valence-electron chi connectivity index (χ4n) is 2.42. The molecule has 0 aromatic heterocycles. The van der Waals surface area contributed by atoms with Crippen LogP contribution in [0.4, 0.5) is 0 Å². The van der Waals surface area contributed by atoms with Crippen LogP contribution >= 0.6 is 0 Å². The quantitative estimate of drug-likeness (QED) is 0.878. The third kappa shape index (κ3) is 4.05. The summed E-state index contributed by atoms with van der Waals surface area (Å²) in [5, 5.41) is 19.3. The van der Waals surface area contributed by atoms with Crippen LogP contribution in [-0.2, 0) is 6.42 Å². The number of aliphatic hydroxyl groups is 2. The molecular formula is C16H23NO3. The minimum atomic E-state index is -0.695. The molecule has 4 heteroatoms. The lowest BCUT2D eigenvalue weighted by Gasteiger charge is -2.18. The highest BCUT2D eigenvalue weighted by molar-refractivity contribution is 5.94. The van der Waals surface area contributed by atoms with E-state index < -0.39 is 11.7 Å². The first-order valence-corrected chi connectivity index (χ1v) is 7.14. The summed E-state index contributed by atoms with van der Waals surface area (Å²) in [6.07, 6.45) is 1.67. The molecule has 1 saturated heterocycles. The number of benzene rings is 1. The van der Waals surface area contributed by atoms with Crippen LogP contribution in [0, 0.1) is 0 Å². The van der Waals surface area contributed by atoms with Crippen LogP contribution in [0.3, 0.4) is 0 Å². The second-order valence-electron chi connectivity index (χ2n) is 6.21. The topological polar surface area (TPSA) is 60.8 Å². The van der Waals surface area contributed by atoms with Gasteiger partial charge in [0.2, 0.25) is 0 Å². The van der Waals surface area contributed by atoms with Crippen LogP contribution < -0.4 is 0 Å². The standard InChI is InChI=1S/C16H23NO3/c1-16(2,20)8-6-12-4-3-5-13(10-12)15(19)17-9-7-14(18)11-17/h3-5,10,14,18,20H,6-9,11H2,1-2H3/t14-/m1/s1. The zero-order valence-corrected chi connectivity index (χ0v) is 12.2. The van der Waals surface area contributed by atoms with Crippen molar-refractivity contribution in [1.82, 2.24) is 4.90 Å². The largest absolute Gasteiger partial charge is 0.391 e. The van der Waals surface area contributed by atoms with Crippen molar-refractivity contribution in [2.24, 2.45) is 0 Å². The van der Waals surface area contributed by atoms with Gasteiger partial charge in [0.15, 0.2) is 0 Å². The van der Waals surface area contributed by atoms with E-state index in [4.69, 9.17) is 0 Å². The fourth-order valence-corrected chi connectivity index (χ4v) is 2.42. The third-order valence-electron chi connectivity index (χ3n) is 3.65. The van der Waals surface area contributed by atoms with E-state index in [1.807, 2.05) is 18.2 Å². The maximum absolute atomic E-state index is 12.3. The van der Waals surface area contributed by atoms with Gasteiger partial charge in [0.25, 0.3) is 5.91 Å². The van der Waals surface area contributed by atoms with E-state index in [9.17, 15) is 15.0 Å². The molecular weight excluding hydrogens is 254 g/mol. The number of likely N-dealkylation sites (tertiary alicyclic amines) is 1. The second kappa shape index (κ2) is 5.94. The molecule has 20 heavy (non-hydrogen) atoms. The van der Waals surface area contributed by atoms with Crippen molar-refractivity contribution in [2.75, 3.05) is 13.1 Å². The van der Waals surface area contributed by atoms with Crippen LogP contribution in [0.1, 0.15) is 42.6 Å². The monoisotopic (exact) mass is 277 g/mol. The molecule has 0 aliphatic carbocycles. The van der Waals surface area contributed by atoms with Gasteiger partial charge in [-0.1, -0.05) is 12.1 Å². The highest BCUT2D eigenvalue weighted by Gasteiger charge is 2.25. The number of amides is 1. The SMILES string of the molecule is CC(C)(O)CCc1cccc(C(=O)N2CC[C@@H](O)C2)c1. The minimum absolute atomic E-state index is 0.0216. The Labute approximate surface area is 120 Å². The molecule has 1 amide bonds. The van der Waals surface area contributed by atoms with Gasteiger partial charge in [-0.15, -0.1) is 0 Å². The number of β-amino-alcohol motifs (C(OH)–C–C–N with tert-alkyl or cyclic N) is 1. The first kappa shape index (κ1) is 15.0. The number of nitrogens with zero attached hydrogens (tertiary/aromatic N) is 1. The van der Waals surface area contributed by atoms with Crippen molar-refractivity contribution in [1.29, 1.82) is 0 Å². The summed E-state index contributed by atoms with van der Waals surface area (Å²) >= 11 is 0. The summed E-state index contributed by atoms with van der Waals surface area (Å²) in [5.41, 5.74) is 1.02. The van der Waals surface area contributed by atoms with E-state index in [-0.39, 0.29) is 5.91 Å². The molecule has 2 N–H and O–H groups in total. The summed E-state index contributed by atoms with van der Waals surface area (Å²) in [5.74, 6) is -0.0216. The number of carbonyl (C=O) groups is 1. The van der Waals surface area contributed by atoms with E-state index in [0.717, 1.165) is 12.0 Å². The molecule has 0 bridgehead atoms. The van der Waals surface area contributed by atoms with Crippen molar-refractivity contribution in [2.45, 2.75) is 44.8 Å². The lowest BCUT2D eigenvalue weighted by Crippen LogP contribution is -2.29. The lowest BCUT2D eigenvalue weighted by atomic mass is 9.98. The predicted octanol–water partition coefficient (Wildman–Crippen LogP) is 1.60. The molecule has 1 heterocycles. The summed E-state index contributed by atoms with van der Waals surface area (Å²) in [6, 6.07) is 7.54. The van der Waals surface area contributed by atoms with Gasteiger partial charge in [-0.05, 0) is 50.8 Å². The van der Waals surface area contributed by atoms with Crippen LogP contribution in [0.25, 0.3) is 0 Å². The highest BCUT2D eigenvalue weighted by atomic mass is 16.3. The summed E-state index contributed by atoms with van der Waals surface area (Å²) in [4.78, 5) is 14.0. The van der Waals surface area contributed by atoms with Crippen molar-refractivity contribution in [3.63, 3.8) is 0 Å². The van der Waals surface area contributed by atoms with Gasteiger partial charge in [0, 0.05) is 18.7 Å². The third-order valence-corrected chi connectivity index (χ3v) is 3.65. The Morgan fingerprint density at radius 3 is 2.80 bits per heavy atom. The van der Waals surface area contributed by atoms with Crippen LogP contribution in [0.15, 0.2) is 24.3 Å². The minimum Gasteiger partial charge on any atom is -0.391 e. The molecule has 1 aromatic rings. The van der Waals surface area contributed by atoms with Crippen molar-refractivity contribution in [3.8, 4) is 0 Å². The first-order chi connectivity index (χ1) is 9.35. The Balaban J connectivity index is 2.04. The molecule has 1 atom stereocenters. The first-order valence-electron chi connectivity index (χ1n) is 7.14. The van der Waals surface area contributed by atoms with Gasteiger partial charge < -0.3 is 15.1 Å². The maximum Gasteiger partial charge on any atom is 0.253 e. The fraction of sp³-hybridized carbons (Fsp3) is 0.562. The van der Waals surface area contributed by atoms with Crippen LogP contribution in [0.5, 0.6) is 0 Å². The Bertz CT molecular complexity index is 479. The Morgan fingerprint density at radius 2 is 2.20 bits per heavy atom. The molecule has 0 saturated carbocycles. The molecule has 110 valence electrons. The summed E-state index contributed by atoms with van der Waals surface area (Å²) in [6.45, 7) is 4.61. The Kier molecular flexibility index (Phi) is 4.45. The zero-order chi connectivity index (χ0) is 14.8. The average molecular weight is 277 g/mol. The molecule has 2 rings (SSSR count). The van der Waals surface area contributed by atoms with Gasteiger partial charge in [-0.2, -0.15) is 0 Å². The van der Waals surface area contributed by atoms with Gasteiger partial charge in [0.1, 0.15) is 0 Å². The predicted molar refractivity (Wildman–Crippen MR) is 77.6 cm³/mol. The molecule has 0 unspecified atom stereocenters. The normalized spacial score (nSPS) is 19.4. The van der Waals surface area contributed by atoms with Crippen molar-refractivity contribution < 1.29 is 15.0 Å². The van der Waals surface area contributed by atoms with Crippen molar-refractivity contribution in [3.05, 3.63) is 35.4 Å². The van der Waals surface area contributed by atoms with E-state index in [2.05, 4.69) is 0 Å². The molecule has 0 spiro atoms. The number of rotatable bonds is 4. The van der Waals surface area contributed by atoms with Gasteiger partial charge in [0.05, 0.1) is 11.7 Å². The molecule has 1 fully saturated rings. The van der Waals surface area contributed by atoms with E-state index in [1.165, 1.54) is 0 Å². The number of aryl methyl sites for hydroxylation is 1. The number of hydrogen-bond acceptors (Lipinski definition) is 3. The molecule has 1 aliphatic rings. The molecule has 0 radical (unpaired) electrons. The Morgan fingerprint density at radius 1 is 1.45 bits per heavy atom. The van der Waals surface area contributed by atoms with Crippen molar-refractivity contribution >= 4 is 5.91 Å². The molecule has 1 aliphatic heterocycles.